The number of halogens is 1. The van der Waals surface area contributed by atoms with E-state index in [2.05, 4.69) is 41.3 Å². The van der Waals surface area contributed by atoms with Crippen LogP contribution in [0.3, 0.4) is 0 Å². The molecule has 6 rings (SSSR count). The second kappa shape index (κ2) is 7.69. The van der Waals surface area contributed by atoms with Crippen LogP contribution in [0.4, 0.5) is 16.7 Å². The van der Waals surface area contributed by atoms with Crippen LogP contribution in [-0.4, -0.2) is 43.1 Å². The fraction of sp³-hybridized carbons (Fsp3) is 0.435. The van der Waals surface area contributed by atoms with Gasteiger partial charge in [0.25, 0.3) is 0 Å². The number of benzene rings is 1. The highest BCUT2D eigenvalue weighted by Gasteiger charge is 2.48. The van der Waals surface area contributed by atoms with Crippen molar-refractivity contribution in [2.24, 2.45) is 5.92 Å². The summed E-state index contributed by atoms with van der Waals surface area (Å²) >= 11 is 5.99. The molecule has 33 heavy (non-hydrogen) atoms. The second-order valence-corrected chi connectivity index (χ2v) is 9.67. The Balaban J connectivity index is 1.22. The fourth-order valence-electron chi connectivity index (χ4n) is 4.53. The number of amides is 2. The number of nitrogens with zero attached hydrogens (tertiary/aromatic N) is 6. The number of aromatic nitrogens is 5. The van der Waals surface area contributed by atoms with Crippen molar-refractivity contribution in [2.45, 2.75) is 50.7 Å². The maximum absolute atomic E-state index is 12.5. The minimum atomic E-state index is -0.292. The third-order valence-corrected chi connectivity index (χ3v) is 6.88. The van der Waals surface area contributed by atoms with Crippen molar-refractivity contribution in [1.29, 1.82) is 0 Å². The molecule has 0 spiro atoms. The number of rotatable bonds is 7. The molecule has 1 aromatic carbocycles. The van der Waals surface area contributed by atoms with Gasteiger partial charge in [-0.15, -0.1) is 0 Å². The molecule has 0 radical (unpaired) electrons. The first-order valence-corrected chi connectivity index (χ1v) is 11.7. The largest absolute Gasteiger partial charge is 0.343 e. The monoisotopic (exact) mass is 464 g/mol. The number of hydrogen-bond donors (Lipinski definition) is 2. The number of carbonyl (C=O) groups is 1. The van der Waals surface area contributed by atoms with Crippen LogP contribution < -0.4 is 15.5 Å². The van der Waals surface area contributed by atoms with E-state index in [9.17, 15) is 4.79 Å². The molecule has 1 aliphatic heterocycles. The number of aryl methyl sites for hydroxylation is 1. The van der Waals surface area contributed by atoms with Crippen LogP contribution in [0.5, 0.6) is 0 Å². The zero-order valence-corrected chi connectivity index (χ0v) is 19.1. The van der Waals surface area contributed by atoms with Gasteiger partial charge in [-0.25, -0.2) is 9.78 Å². The summed E-state index contributed by atoms with van der Waals surface area (Å²) < 4.78 is 2.07. The van der Waals surface area contributed by atoms with E-state index in [1.807, 2.05) is 37.5 Å². The third-order valence-electron chi connectivity index (χ3n) is 6.63. The standard InChI is InChI=1S/C23H25ClN8O/c1-14-27-20(29-21(28-14)32-18(16-4-5-16)10-25-22(32)33)30-23(8-9-23)19-12-31(13-26-19)11-15-2-6-17(24)7-3-15/h2-3,6-7,12-13,16,18H,4-5,8-11H2,1H3,(H,25,33)(H,27,28,29,30)/t18-/m1/s1. The minimum Gasteiger partial charge on any atom is -0.343 e. The molecule has 170 valence electrons. The molecule has 1 atom stereocenters. The molecule has 2 aliphatic carbocycles. The highest BCUT2D eigenvalue weighted by molar-refractivity contribution is 6.30. The Labute approximate surface area is 196 Å². The number of anilines is 2. The van der Waals surface area contributed by atoms with Gasteiger partial charge < -0.3 is 15.2 Å². The predicted octanol–water partition coefficient (Wildman–Crippen LogP) is 3.49. The van der Waals surface area contributed by atoms with E-state index < -0.39 is 0 Å². The van der Waals surface area contributed by atoms with Crippen LogP contribution in [0.15, 0.2) is 36.8 Å². The lowest BCUT2D eigenvalue weighted by Crippen LogP contribution is -2.37. The topological polar surface area (TPSA) is 101 Å². The summed E-state index contributed by atoms with van der Waals surface area (Å²) in [5.41, 5.74) is 1.83. The van der Waals surface area contributed by atoms with E-state index in [0.717, 1.165) is 48.5 Å². The molecule has 2 amide bonds. The van der Waals surface area contributed by atoms with E-state index in [0.29, 0.717) is 30.2 Å². The Bertz CT molecular complexity index is 1200. The van der Waals surface area contributed by atoms with Gasteiger partial charge in [-0.3, -0.25) is 4.90 Å². The van der Waals surface area contributed by atoms with Gasteiger partial charge >= 0.3 is 6.03 Å². The summed E-state index contributed by atoms with van der Waals surface area (Å²) in [6.07, 6.45) is 8.10. The average Bonchev–Trinajstić information content (AvgIpc) is 3.70. The van der Waals surface area contributed by atoms with Gasteiger partial charge in [0, 0.05) is 24.3 Å². The smallest absolute Gasteiger partial charge is 0.324 e. The van der Waals surface area contributed by atoms with Gasteiger partial charge in [0.1, 0.15) is 5.82 Å². The summed E-state index contributed by atoms with van der Waals surface area (Å²) in [6.45, 7) is 3.20. The lowest BCUT2D eigenvalue weighted by Gasteiger charge is -2.22. The maximum atomic E-state index is 12.5. The lowest BCUT2D eigenvalue weighted by molar-refractivity contribution is 0.251. The van der Waals surface area contributed by atoms with Gasteiger partial charge in [-0.2, -0.15) is 15.0 Å². The maximum Gasteiger partial charge on any atom is 0.324 e. The van der Waals surface area contributed by atoms with Crippen molar-refractivity contribution in [3.05, 3.63) is 58.9 Å². The summed E-state index contributed by atoms with van der Waals surface area (Å²) in [6, 6.07) is 7.81. The molecular weight excluding hydrogens is 440 g/mol. The molecule has 0 bridgehead atoms. The number of carbonyl (C=O) groups excluding carboxylic acids is 1. The zero-order chi connectivity index (χ0) is 22.6. The second-order valence-electron chi connectivity index (χ2n) is 9.23. The van der Waals surface area contributed by atoms with Crippen LogP contribution in [0, 0.1) is 12.8 Å². The molecule has 3 heterocycles. The van der Waals surface area contributed by atoms with Gasteiger partial charge in [0.2, 0.25) is 11.9 Å². The number of hydrogen-bond acceptors (Lipinski definition) is 6. The number of urea groups is 1. The molecule has 9 nitrogen and oxygen atoms in total. The van der Waals surface area contributed by atoms with E-state index in [1.165, 1.54) is 0 Å². The fourth-order valence-corrected chi connectivity index (χ4v) is 4.65. The van der Waals surface area contributed by atoms with Crippen molar-refractivity contribution >= 4 is 29.5 Å². The van der Waals surface area contributed by atoms with Crippen molar-refractivity contribution in [2.75, 3.05) is 16.8 Å². The molecule has 10 heteroatoms. The Morgan fingerprint density at radius 2 is 1.97 bits per heavy atom. The SMILES string of the molecule is Cc1nc(NC2(c3cn(Cc4ccc(Cl)cc4)cn3)CC2)nc(N2C(=O)NC[C@@H]2C2CC2)n1. The Hall–Kier alpha value is -3.20. The first kappa shape index (κ1) is 20.4. The van der Waals surface area contributed by atoms with E-state index >= 15 is 0 Å². The summed E-state index contributed by atoms with van der Waals surface area (Å²) in [4.78, 5) is 32.5. The molecule has 3 aliphatic rings. The van der Waals surface area contributed by atoms with Crippen LogP contribution in [0.1, 0.15) is 42.8 Å². The Morgan fingerprint density at radius 3 is 2.70 bits per heavy atom. The van der Waals surface area contributed by atoms with Gasteiger partial charge in [-0.05, 0) is 56.2 Å². The highest BCUT2D eigenvalue weighted by Crippen LogP contribution is 2.47. The molecule has 2 N–H and O–H groups in total. The molecule has 3 fully saturated rings. The molecule has 3 aromatic rings. The quantitative estimate of drug-likeness (QED) is 0.555. The van der Waals surface area contributed by atoms with Crippen LogP contribution in [0.25, 0.3) is 0 Å². The van der Waals surface area contributed by atoms with E-state index in [4.69, 9.17) is 11.6 Å². The van der Waals surface area contributed by atoms with Gasteiger partial charge in [-0.1, -0.05) is 23.7 Å². The van der Waals surface area contributed by atoms with Crippen molar-refractivity contribution in [3.8, 4) is 0 Å². The van der Waals surface area contributed by atoms with Crippen molar-refractivity contribution in [1.82, 2.24) is 29.8 Å². The summed E-state index contributed by atoms with van der Waals surface area (Å²) in [5, 5.41) is 7.16. The third kappa shape index (κ3) is 4.01. The Kier molecular flexibility index (Phi) is 4.76. The molecule has 0 unspecified atom stereocenters. The van der Waals surface area contributed by atoms with Gasteiger partial charge in [0.15, 0.2) is 0 Å². The number of imidazole rings is 1. The molecule has 1 saturated heterocycles. The van der Waals surface area contributed by atoms with Crippen LogP contribution in [0.2, 0.25) is 5.02 Å². The van der Waals surface area contributed by atoms with Crippen molar-refractivity contribution < 1.29 is 4.79 Å². The lowest BCUT2D eigenvalue weighted by atomic mass is 10.2. The first-order valence-electron chi connectivity index (χ1n) is 11.3. The van der Waals surface area contributed by atoms with Crippen LogP contribution >= 0.6 is 11.6 Å². The van der Waals surface area contributed by atoms with Gasteiger partial charge in [0.05, 0.1) is 23.6 Å². The normalized spacial score (nSPS) is 21.2. The average molecular weight is 465 g/mol. The highest BCUT2D eigenvalue weighted by atomic mass is 35.5. The predicted molar refractivity (Wildman–Crippen MR) is 124 cm³/mol. The van der Waals surface area contributed by atoms with E-state index in [-0.39, 0.29) is 17.6 Å². The Morgan fingerprint density at radius 1 is 1.18 bits per heavy atom. The summed E-state index contributed by atoms with van der Waals surface area (Å²) in [7, 11) is 0. The molecule has 2 aromatic heterocycles. The van der Waals surface area contributed by atoms with Crippen LogP contribution in [-0.2, 0) is 12.1 Å². The van der Waals surface area contributed by atoms with Crippen molar-refractivity contribution in [3.63, 3.8) is 0 Å². The zero-order valence-electron chi connectivity index (χ0n) is 18.3. The summed E-state index contributed by atoms with van der Waals surface area (Å²) in [5.74, 6) is 2.01. The minimum absolute atomic E-state index is 0.116. The van der Waals surface area contributed by atoms with E-state index in [1.54, 1.807) is 4.90 Å². The number of nitrogens with one attached hydrogen (secondary N) is 2. The first-order chi connectivity index (χ1) is 16.0. The molecule has 2 saturated carbocycles. The molecular formula is C23H25ClN8O.